The van der Waals surface area contributed by atoms with Crippen molar-refractivity contribution in [1.82, 2.24) is 60.0 Å². The van der Waals surface area contributed by atoms with E-state index in [1.165, 1.54) is 79.9 Å². The van der Waals surface area contributed by atoms with Gasteiger partial charge in [-0.05, 0) is 112 Å². The summed E-state index contributed by atoms with van der Waals surface area (Å²) in [5, 5.41) is 8.12. The van der Waals surface area contributed by atoms with E-state index in [4.69, 9.17) is 11.6 Å². The zero-order valence-corrected chi connectivity index (χ0v) is 60.1. The van der Waals surface area contributed by atoms with Crippen LogP contribution in [0.5, 0.6) is 0 Å². The Morgan fingerprint density at radius 3 is 1.81 bits per heavy atom. The molecule has 24 nitrogen and oxygen atoms in total. The molecule has 7 rings (SSSR count). The Balaban J connectivity index is 1.26. The highest BCUT2D eigenvalue weighted by Crippen LogP contribution is 2.38. The van der Waals surface area contributed by atoms with Gasteiger partial charge in [0, 0.05) is 69.0 Å². The van der Waals surface area contributed by atoms with Gasteiger partial charge in [0.2, 0.25) is 70.9 Å². The Kier molecular flexibility index (Phi) is 27.4. The lowest BCUT2D eigenvalue weighted by atomic mass is 9.84. The predicted octanol–water partition coefficient (Wildman–Crippen LogP) is 5.25. The van der Waals surface area contributed by atoms with E-state index in [0.29, 0.717) is 57.2 Å². The third-order valence-corrected chi connectivity index (χ3v) is 21.8. The minimum Gasteiger partial charge on any atom is -0.343 e. The predicted molar refractivity (Wildman–Crippen MR) is 360 cm³/mol. The van der Waals surface area contributed by atoms with Crippen LogP contribution in [-0.4, -0.2) is 251 Å². The maximum atomic E-state index is 15.4. The average molecular weight is 1400 g/mol. The lowest BCUT2D eigenvalue weighted by Crippen LogP contribution is -2.65. The molecule has 0 aromatic heterocycles. The summed E-state index contributed by atoms with van der Waals surface area (Å²) < 4.78 is 41.5. The molecule has 3 heterocycles. The van der Waals surface area contributed by atoms with Crippen LogP contribution >= 0.6 is 11.6 Å². The molecular weight excluding hydrogens is 1290 g/mol. The quantitative estimate of drug-likeness (QED) is 0.256. The number of piperidine rings is 1. The van der Waals surface area contributed by atoms with E-state index in [1.807, 2.05) is 6.92 Å². The molecule has 6 aliphatic rings. The maximum absolute atomic E-state index is 15.4. The smallest absolute Gasteiger partial charge is 0.343 e. The monoisotopic (exact) mass is 1400 g/mol. The van der Waals surface area contributed by atoms with Crippen LogP contribution in [0.1, 0.15) is 174 Å². The molecule has 1 aromatic rings. The van der Waals surface area contributed by atoms with Crippen molar-refractivity contribution in [2.24, 2.45) is 23.7 Å². The molecule has 0 bridgehead atoms. The molecular formula is C70H106ClF3N12O12. The fourth-order valence-electron chi connectivity index (χ4n) is 14.8. The Morgan fingerprint density at radius 2 is 1.20 bits per heavy atom. The first-order valence-corrected chi connectivity index (χ1v) is 35.7. The van der Waals surface area contributed by atoms with E-state index < -0.39 is 173 Å². The average Bonchev–Trinajstić information content (AvgIpc) is 1.50. The second kappa shape index (κ2) is 34.3. The number of aryl methyl sites for hydroxylation is 1. The van der Waals surface area contributed by atoms with Crippen molar-refractivity contribution in [3.63, 3.8) is 0 Å². The first-order valence-electron chi connectivity index (χ1n) is 35.4. The second-order valence-corrected chi connectivity index (χ2v) is 29.5. The molecule has 98 heavy (non-hydrogen) atoms. The third kappa shape index (κ3) is 19.5. The summed E-state index contributed by atoms with van der Waals surface area (Å²) in [5.41, 5.74) is -2.35. The van der Waals surface area contributed by atoms with Crippen molar-refractivity contribution in [2.45, 2.75) is 223 Å². The Morgan fingerprint density at radius 1 is 0.612 bits per heavy atom. The normalized spacial score (nSPS) is 26.9. The fourth-order valence-corrected chi connectivity index (χ4v) is 15.1. The van der Waals surface area contributed by atoms with Gasteiger partial charge in [-0.2, -0.15) is 13.2 Å². The van der Waals surface area contributed by atoms with E-state index in [-0.39, 0.29) is 63.3 Å². The number of benzene rings is 1. The van der Waals surface area contributed by atoms with Crippen molar-refractivity contribution in [3.8, 4) is 0 Å². The molecule has 546 valence electrons. The summed E-state index contributed by atoms with van der Waals surface area (Å²) in [6.45, 7) is 6.19. The molecule has 1 aromatic carbocycles. The molecule has 3 saturated carbocycles. The SMILES string of the molecule is CC[C@H](C)[C@@H]1NC(=O)[C@H](CC2CC2)N(C)C(=O)C[C@@H](C(=O)N2CCCCC2)N(C)C(=O)[C@H](C(C)C)N(C)C(=O)C2(CCCC2)NC(=O)[C@@H]2CCCN2C(=O)[C@H](CCc2ccc(C(F)(F)F)c(Cl)c2)NC(=O)CN(C)C(=O)[C@H](CC2CCCCC2)N(C)C(=O)CN(C)C(=O)CN(C)C1=O. The summed E-state index contributed by atoms with van der Waals surface area (Å²) in [6.07, 6.45) is 5.26. The number of carbonyl (C=O) groups excluding carboxylic acids is 12. The molecule has 3 aliphatic heterocycles. The number of amides is 12. The van der Waals surface area contributed by atoms with Gasteiger partial charge in [-0.25, -0.2) is 0 Å². The van der Waals surface area contributed by atoms with E-state index in [2.05, 4.69) is 16.0 Å². The Labute approximate surface area is 580 Å². The van der Waals surface area contributed by atoms with Crippen LogP contribution in [0.15, 0.2) is 18.2 Å². The number of halogens is 4. The number of nitrogens with zero attached hydrogens (tertiary/aromatic N) is 9. The highest BCUT2D eigenvalue weighted by atomic mass is 35.5. The zero-order valence-electron chi connectivity index (χ0n) is 59.3. The Hall–Kier alpha value is -7.06. The molecule has 12 amide bonds. The summed E-state index contributed by atoms with van der Waals surface area (Å²) >= 11 is 6.14. The number of fused-ring (bicyclic) bond motifs is 1. The van der Waals surface area contributed by atoms with Crippen molar-refractivity contribution >= 4 is 82.5 Å². The maximum Gasteiger partial charge on any atom is 0.417 e. The van der Waals surface area contributed by atoms with Gasteiger partial charge in [0.25, 0.3) is 0 Å². The highest BCUT2D eigenvalue weighted by Gasteiger charge is 2.51. The van der Waals surface area contributed by atoms with Gasteiger partial charge in [-0.1, -0.05) is 110 Å². The van der Waals surface area contributed by atoms with Gasteiger partial charge < -0.3 is 60.0 Å². The van der Waals surface area contributed by atoms with E-state index in [1.54, 1.807) is 25.7 Å². The lowest BCUT2D eigenvalue weighted by Gasteiger charge is -2.42. The van der Waals surface area contributed by atoms with Crippen LogP contribution in [0.3, 0.4) is 0 Å². The second-order valence-electron chi connectivity index (χ2n) is 29.1. The number of likely N-dealkylation sites (tertiary alicyclic amines) is 1. The molecule has 8 atom stereocenters. The molecule has 3 saturated heterocycles. The first kappa shape index (κ1) is 78.3. The largest absolute Gasteiger partial charge is 0.417 e. The molecule has 1 spiro atoms. The van der Waals surface area contributed by atoms with Crippen molar-refractivity contribution in [1.29, 1.82) is 0 Å². The van der Waals surface area contributed by atoms with E-state index >= 15 is 19.2 Å². The number of hydrogen-bond acceptors (Lipinski definition) is 12. The summed E-state index contributed by atoms with van der Waals surface area (Å²) in [6, 6.07) is -5.54. The standard InChI is InChI=1S/C70H106ClF3N12O12/c1-12-44(4)59-66(96)80(7)41-57(89)78(5)42-58(90)82(9)53(38-45-22-15-13-16-23-45)64(94)79(6)40-55(87)75-50(30-28-46-27-29-48(49(71)36-46)70(72,73)74)63(93)86-35-21-24-51(86)62(92)77-69(31-17-18-32-69)68(98)84(11)60(43(2)3)67(97)83(10)54(65(95)85-33-19-14-20-34-85)39-56(88)81(8)52(61(91)76-59)37-47-25-26-47/h27,29,36,43-45,47,50-54,59-60H,12-26,28,30-35,37-42H2,1-11H3,(H,75,87)(H,76,91)(H,77,92)/t44-,50-,51-,52-,53-,54-,59-,60-/m0/s1. The third-order valence-electron chi connectivity index (χ3n) is 21.4. The van der Waals surface area contributed by atoms with Crippen LogP contribution in [-0.2, 0) is 70.1 Å². The fraction of sp³-hybridized carbons (Fsp3) is 0.743. The van der Waals surface area contributed by atoms with Crippen LogP contribution in [0, 0.1) is 23.7 Å². The van der Waals surface area contributed by atoms with Crippen LogP contribution in [0.25, 0.3) is 0 Å². The van der Waals surface area contributed by atoms with Gasteiger partial charge in [-0.3, -0.25) is 57.5 Å². The first-order chi connectivity index (χ1) is 46.2. The van der Waals surface area contributed by atoms with E-state index in [9.17, 15) is 51.5 Å². The van der Waals surface area contributed by atoms with Crippen LogP contribution < -0.4 is 16.0 Å². The van der Waals surface area contributed by atoms with Crippen molar-refractivity contribution in [2.75, 3.05) is 88.6 Å². The van der Waals surface area contributed by atoms with Crippen molar-refractivity contribution < 1.29 is 70.7 Å². The Bertz CT molecular complexity index is 3080. The number of likely N-dealkylation sites (N-methyl/N-ethyl adjacent to an activating group) is 7. The molecule has 28 heteroatoms. The van der Waals surface area contributed by atoms with Crippen LogP contribution in [0.2, 0.25) is 5.02 Å². The molecule has 6 fully saturated rings. The summed E-state index contributed by atoms with van der Waals surface area (Å²) in [7, 11) is 9.92. The minimum absolute atomic E-state index is 0.0215. The number of hydrogen-bond donors (Lipinski definition) is 3. The van der Waals surface area contributed by atoms with Gasteiger partial charge in [-0.15, -0.1) is 0 Å². The number of carbonyl (C=O) groups is 12. The molecule has 3 aliphatic carbocycles. The summed E-state index contributed by atoms with van der Waals surface area (Å²) in [4.78, 5) is 189. The van der Waals surface area contributed by atoms with E-state index in [0.717, 1.165) is 78.2 Å². The van der Waals surface area contributed by atoms with Gasteiger partial charge in [0.15, 0.2) is 0 Å². The van der Waals surface area contributed by atoms with Crippen molar-refractivity contribution in [3.05, 3.63) is 34.3 Å². The topological polar surface area (TPSA) is 270 Å². The molecule has 3 N–H and O–H groups in total. The number of rotatable bonds is 11. The molecule has 0 radical (unpaired) electrons. The summed E-state index contributed by atoms with van der Waals surface area (Å²) in [5.74, 6) is -8.73. The highest BCUT2D eigenvalue weighted by molar-refractivity contribution is 6.31. The van der Waals surface area contributed by atoms with Crippen LogP contribution in [0.4, 0.5) is 13.2 Å². The van der Waals surface area contributed by atoms with Gasteiger partial charge in [0.05, 0.1) is 36.6 Å². The minimum atomic E-state index is -4.76. The number of alkyl halides is 3. The number of nitrogens with one attached hydrogen (secondary N) is 3. The van der Waals surface area contributed by atoms with Gasteiger partial charge >= 0.3 is 6.18 Å². The lowest BCUT2D eigenvalue weighted by molar-refractivity contribution is -0.156. The van der Waals surface area contributed by atoms with Gasteiger partial charge in [0.1, 0.15) is 47.8 Å². The zero-order chi connectivity index (χ0) is 72.2. The molecule has 0 unspecified atom stereocenters.